The second kappa shape index (κ2) is 7.43. The molecule has 1 amide bonds. The minimum absolute atomic E-state index is 0.0304. The first kappa shape index (κ1) is 19.1. The summed E-state index contributed by atoms with van der Waals surface area (Å²) in [5, 5.41) is 0. The maximum absolute atomic E-state index is 14.2. The number of amides is 1. The Morgan fingerprint density at radius 1 is 1.31 bits per heavy atom. The van der Waals surface area contributed by atoms with Crippen LogP contribution in [-0.2, 0) is 16.1 Å². The Hall–Kier alpha value is -1.86. The number of hydrogen-bond acceptors (Lipinski definition) is 4. The van der Waals surface area contributed by atoms with Crippen molar-refractivity contribution >= 4 is 17.2 Å². The normalized spacial score (nSPS) is 30.8. The Bertz CT molecular complexity index is 961. The van der Waals surface area contributed by atoms with Crippen LogP contribution in [-0.4, -0.2) is 29.2 Å². The highest BCUT2D eigenvalue weighted by Crippen LogP contribution is 2.60. The van der Waals surface area contributed by atoms with E-state index in [9.17, 15) is 9.18 Å². The number of carbonyl (C=O) groups is 1. The lowest BCUT2D eigenvalue weighted by Gasteiger charge is -2.55. The summed E-state index contributed by atoms with van der Waals surface area (Å²) in [5.41, 5.74) is 0.171. The van der Waals surface area contributed by atoms with Crippen LogP contribution in [0.3, 0.4) is 0 Å². The molecule has 4 aliphatic carbocycles. The van der Waals surface area contributed by atoms with Gasteiger partial charge in [0.05, 0.1) is 16.9 Å². The molecule has 0 N–H and O–H groups in total. The molecule has 4 bridgehead atoms. The molecule has 2 aromatic rings. The first-order valence-corrected chi connectivity index (χ1v) is 11.3. The van der Waals surface area contributed by atoms with Crippen molar-refractivity contribution in [3.63, 3.8) is 0 Å². The van der Waals surface area contributed by atoms with Crippen LogP contribution in [0.15, 0.2) is 29.5 Å². The molecule has 2 aromatic heterocycles. The second-order valence-corrected chi connectivity index (χ2v) is 10.0. The molecule has 2 heterocycles. The SMILES string of the molecule is COCCn1cc(-c2cccnc2F)s/c1=N\C(=O)C12CC3CC(CC(C3)C1)C2. The highest BCUT2D eigenvalue weighted by Gasteiger charge is 2.54. The van der Waals surface area contributed by atoms with E-state index < -0.39 is 5.95 Å². The van der Waals surface area contributed by atoms with Gasteiger partial charge in [-0.1, -0.05) is 11.3 Å². The summed E-state index contributed by atoms with van der Waals surface area (Å²) in [4.78, 5) is 23.1. The first-order chi connectivity index (χ1) is 14.1. The van der Waals surface area contributed by atoms with E-state index in [-0.39, 0.29) is 11.3 Å². The standard InChI is InChI=1S/C22H26FN3O2S/c1-28-6-5-26-13-18(17-3-2-4-24-19(17)23)29-21(26)25-20(27)22-10-14-7-15(11-22)9-16(8-14)12-22/h2-4,13-16H,5-12H2,1H3/b25-21-. The van der Waals surface area contributed by atoms with Crippen LogP contribution in [0, 0.1) is 29.1 Å². The third kappa shape index (κ3) is 3.48. The fourth-order valence-electron chi connectivity index (χ4n) is 6.09. The van der Waals surface area contributed by atoms with Gasteiger partial charge in [-0.25, -0.2) is 4.98 Å². The number of ether oxygens (including phenoxy) is 1. The maximum Gasteiger partial charge on any atom is 0.254 e. The summed E-state index contributed by atoms with van der Waals surface area (Å²) in [6, 6.07) is 3.43. The van der Waals surface area contributed by atoms with Crippen molar-refractivity contribution in [2.75, 3.05) is 13.7 Å². The number of aromatic nitrogens is 2. The number of methoxy groups -OCH3 is 1. The third-order valence-electron chi connectivity index (χ3n) is 6.97. The fraction of sp³-hybridized carbons (Fsp3) is 0.591. The largest absolute Gasteiger partial charge is 0.383 e. The zero-order chi connectivity index (χ0) is 20.0. The van der Waals surface area contributed by atoms with Gasteiger partial charge in [-0.2, -0.15) is 9.38 Å². The van der Waals surface area contributed by atoms with Gasteiger partial charge in [0, 0.05) is 31.6 Å². The molecule has 0 spiro atoms. The van der Waals surface area contributed by atoms with Crippen molar-refractivity contribution in [3.8, 4) is 10.4 Å². The van der Waals surface area contributed by atoms with Crippen molar-refractivity contribution < 1.29 is 13.9 Å². The summed E-state index contributed by atoms with van der Waals surface area (Å²) in [5.74, 6) is 1.62. The van der Waals surface area contributed by atoms with Crippen LogP contribution in [0.2, 0.25) is 0 Å². The van der Waals surface area contributed by atoms with Crippen molar-refractivity contribution in [3.05, 3.63) is 35.3 Å². The summed E-state index contributed by atoms with van der Waals surface area (Å²) in [6.45, 7) is 1.08. The molecular formula is C22H26FN3O2S. The molecule has 4 saturated carbocycles. The zero-order valence-electron chi connectivity index (χ0n) is 16.6. The Morgan fingerprint density at radius 2 is 2.00 bits per heavy atom. The van der Waals surface area contributed by atoms with Gasteiger partial charge in [-0.05, 0) is 68.4 Å². The number of thiazole rings is 1. The van der Waals surface area contributed by atoms with E-state index in [1.54, 1.807) is 19.2 Å². The molecule has 0 unspecified atom stereocenters. The van der Waals surface area contributed by atoms with E-state index in [2.05, 4.69) is 9.98 Å². The topological polar surface area (TPSA) is 56.5 Å². The monoisotopic (exact) mass is 415 g/mol. The molecule has 0 atom stereocenters. The van der Waals surface area contributed by atoms with Crippen LogP contribution in [0.25, 0.3) is 10.4 Å². The van der Waals surface area contributed by atoms with Crippen LogP contribution in [0.5, 0.6) is 0 Å². The van der Waals surface area contributed by atoms with Gasteiger partial charge in [0.2, 0.25) is 5.95 Å². The van der Waals surface area contributed by atoms with Crippen molar-refractivity contribution in [2.24, 2.45) is 28.2 Å². The van der Waals surface area contributed by atoms with Crippen LogP contribution in [0.1, 0.15) is 38.5 Å². The Balaban J connectivity index is 1.51. The quantitative estimate of drug-likeness (QED) is 0.693. The van der Waals surface area contributed by atoms with Gasteiger partial charge in [-0.15, -0.1) is 0 Å². The van der Waals surface area contributed by atoms with Crippen molar-refractivity contribution in [1.29, 1.82) is 0 Å². The predicted octanol–water partition coefficient (Wildman–Crippen LogP) is 4.04. The minimum atomic E-state index is -0.508. The van der Waals surface area contributed by atoms with Crippen LogP contribution < -0.4 is 4.80 Å². The highest BCUT2D eigenvalue weighted by atomic mass is 32.1. The summed E-state index contributed by atoms with van der Waals surface area (Å²) in [6.07, 6.45) is 10.2. The maximum atomic E-state index is 14.2. The summed E-state index contributed by atoms with van der Waals surface area (Å²) < 4.78 is 21.3. The van der Waals surface area contributed by atoms with E-state index in [1.165, 1.54) is 36.8 Å². The molecule has 0 radical (unpaired) electrons. The smallest absolute Gasteiger partial charge is 0.254 e. The van der Waals surface area contributed by atoms with Gasteiger partial charge in [-0.3, -0.25) is 4.79 Å². The minimum Gasteiger partial charge on any atom is -0.383 e. The molecule has 7 heteroatoms. The number of halogens is 1. The third-order valence-corrected chi connectivity index (χ3v) is 8.02. The van der Waals surface area contributed by atoms with Gasteiger partial charge in [0.1, 0.15) is 0 Å². The van der Waals surface area contributed by atoms with Gasteiger partial charge >= 0.3 is 0 Å². The number of pyridine rings is 1. The average molecular weight is 416 g/mol. The van der Waals surface area contributed by atoms with E-state index >= 15 is 0 Å². The van der Waals surface area contributed by atoms with Crippen molar-refractivity contribution in [2.45, 2.75) is 45.1 Å². The Morgan fingerprint density at radius 3 is 2.62 bits per heavy atom. The van der Waals surface area contributed by atoms with Gasteiger partial charge in [0.25, 0.3) is 5.91 Å². The van der Waals surface area contributed by atoms with E-state index in [0.717, 1.165) is 24.1 Å². The van der Waals surface area contributed by atoms with E-state index in [0.29, 0.717) is 41.3 Å². The number of rotatable bonds is 5. The lowest BCUT2D eigenvalue weighted by Crippen LogP contribution is -2.49. The molecule has 0 aromatic carbocycles. The number of carbonyl (C=O) groups excluding carboxylic acids is 1. The number of hydrogen-bond donors (Lipinski definition) is 0. The molecule has 5 nitrogen and oxygen atoms in total. The van der Waals surface area contributed by atoms with Gasteiger partial charge in [0.15, 0.2) is 4.80 Å². The van der Waals surface area contributed by atoms with Crippen LogP contribution >= 0.6 is 11.3 Å². The van der Waals surface area contributed by atoms with Gasteiger partial charge < -0.3 is 9.30 Å². The summed E-state index contributed by atoms with van der Waals surface area (Å²) in [7, 11) is 1.64. The fourth-order valence-corrected chi connectivity index (χ4v) is 7.12. The molecular weight excluding hydrogens is 389 g/mol. The number of nitrogens with zero attached hydrogens (tertiary/aromatic N) is 3. The van der Waals surface area contributed by atoms with E-state index in [4.69, 9.17) is 4.74 Å². The average Bonchev–Trinajstić information content (AvgIpc) is 3.08. The first-order valence-electron chi connectivity index (χ1n) is 10.5. The molecule has 29 heavy (non-hydrogen) atoms. The van der Waals surface area contributed by atoms with E-state index in [1.807, 2.05) is 10.8 Å². The lowest BCUT2D eigenvalue weighted by molar-refractivity contribution is -0.142. The van der Waals surface area contributed by atoms with Crippen molar-refractivity contribution in [1.82, 2.24) is 9.55 Å². The highest BCUT2D eigenvalue weighted by molar-refractivity contribution is 7.12. The lowest BCUT2D eigenvalue weighted by atomic mass is 9.49. The molecule has 154 valence electrons. The zero-order valence-corrected chi connectivity index (χ0v) is 17.5. The Labute approximate surface area is 173 Å². The van der Waals surface area contributed by atoms with Crippen LogP contribution in [0.4, 0.5) is 4.39 Å². The molecule has 4 fully saturated rings. The Kier molecular flexibility index (Phi) is 4.90. The predicted molar refractivity (Wildman–Crippen MR) is 109 cm³/mol. The summed E-state index contributed by atoms with van der Waals surface area (Å²) >= 11 is 1.35. The second-order valence-electron chi connectivity index (χ2n) is 9.02. The molecule has 4 aliphatic rings. The molecule has 0 aliphatic heterocycles. The molecule has 0 saturated heterocycles. The molecule has 6 rings (SSSR count).